The zero-order valence-corrected chi connectivity index (χ0v) is 11.7. The fraction of sp³-hybridized carbons (Fsp3) is 0.786. The summed E-state index contributed by atoms with van der Waals surface area (Å²) in [5.74, 6) is -0.0556. The molecule has 0 bridgehead atoms. The molecule has 0 aromatic heterocycles. The van der Waals surface area contributed by atoms with E-state index in [9.17, 15) is 9.59 Å². The molecule has 104 valence electrons. The Morgan fingerprint density at radius 2 is 1.74 bits per heavy atom. The van der Waals surface area contributed by atoms with Crippen molar-refractivity contribution in [2.45, 2.75) is 45.6 Å². The number of amides is 2. The van der Waals surface area contributed by atoms with Crippen LogP contribution in [0.4, 0.5) is 0 Å². The average Bonchev–Trinajstić information content (AvgIpc) is 2.29. The Labute approximate surface area is 114 Å². The largest absolute Gasteiger partial charge is 0.290 e. The highest BCUT2D eigenvalue weighted by atomic mass is 16.2. The van der Waals surface area contributed by atoms with Crippen LogP contribution >= 0.6 is 0 Å². The Kier molecular flexibility index (Phi) is 3.91. The van der Waals surface area contributed by atoms with Gasteiger partial charge in [0, 0.05) is 32.0 Å². The normalized spacial score (nSPS) is 25.4. The number of carbonyl (C=O) groups excluding carboxylic acids is 2. The lowest BCUT2D eigenvalue weighted by Gasteiger charge is -2.42. The Hall–Kier alpha value is -1.41. The van der Waals surface area contributed by atoms with Crippen LogP contribution < -0.4 is 0 Å². The predicted octanol–water partition coefficient (Wildman–Crippen LogP) is 1.15. The number of piperidine rings is 2. The fourth-order valence-electron chi connectivity index (χ4n) is 3.03. The maximum atomic E-state index is 12.2. The van der Waals surface area contributed by atoms with Crippen LogP contribution in [-0.4, -0.2) is 47.3 Å². The van der Waals surface area contributed by atoms with Crippen LogP contribution in [0.5, 0.6) is 0 Å². The standard InChI is InChI=1S/C14H21N3O2/c1-14(2)9-12(18)17(13(19)10-14)11-3-6-16(7-4-11)8-5-15/h11H,3-4,6-10H2,1-2H3. The van der Waals surface area contributed by atoms with Crippen molar-refractivity contribution in [2.24, 2.45) is 5.41 Å². The van der Waals surface area contributed by atoms with Gasteiger partial charge in [-0.2, -0.15) is 5.26 Å². The van der Waals surface area contributed by atoms with Gasteiger partial charge in [-0.05, 0) is 18.3 Å². The highest BCUT2D eigenvalue weighted by molar-refractivity contribution is 5.98. The van der Waals surface area contributed by atoms with Crippen molar-refractivity contribution in [3.8, 4) is 6.07 Å². The summed E-state index contributed by atoms with van der Waals surface area (Å²) in [6, 6.07) is 2.17. The summed E-state index contributed by atoms with van der Waals surface area (Å²) in [6.07, 6.45) is 2.49. The molecule has 0 atom stereocenters. The van der Waals surface area contributed by atoms with Gasteiger partial charge in [-0.3, -0.25) is 19.4 Å². The van der Waals surface area contributed by atoms with Crippen LogP contribution in [0.15, 0.2) is 0 Å². The summed E-state index contributed by atoms with van der Waals surface area (Å²) in [4.78, 5) is 27.9. The summed E-state index contributed by atoms with van der Waals surface area (Å²) >= 11 is 0. The van der Waals surface area contributed by atoms with E-state index in [1.807, 2.05) is 13.8 Å². The van der Waals surface area contributed by atoms with Crippen molar-refractivity contribution >= 4 is 11.8 Å². The monoisotopic (exact) mass is 263 g/mol. The van der Waals surface area contributed by atoms with Crippen molar-refractivity contribution in [2.75, 3.05) is 19.6 Å². The van der Waals surface area contributed by atoms with Crippen molar-refractivity contribution in [3.63, 3.8) is 0 Å². The van der Waals surface area contributed by atoms with Gasteiger partial charge in [0.05, 0.1) is 12.6 Å². The van der Waals surface area contributed by atoms with Crippen molar-refractivity contribution < 1.29 is 9.59 Å². The first-order chi connectivity index (χ1) is 8.93. The molecular formula is C14H21N3O2. The molecule has 5 heteroatoms. The molecule has 19 heavy (non-hydrogen) atoms. The Morgan fingerprint density at radius 3 is 2.21 bits per heavy atom. The van der Waals surface area contributed by atoms with Crippen molar-refractivity contribution in [1.82, 2.24) is 9.80 Å². The van der Waals surface area contributed by atoms with Gasteiger partial charge in [0.2, 0.25) is 11.8 Å². The van der Waals surface area contributed by atoms with Crippen LogP contribution in [0, 0.1) is 16.7 Å². The molecule has 0 saturated carbocycles. The topological polar surface area (TPSA) is 64.4 Å². The zero-order valence-electron chi connectivity index (χ0n) is 11.7. The molecule has 0 aliphatic carbocycles. The molecule has 2 fully saturated rings. The Bertz CT molecular complexity index is 397. The molecule has 2 heterocycles. The number of rotatable bonds is 2. The minimum absolute atomic E-state index is 0.0278. The van der Waals surface area contributed by atoms with Gasteiger partial charge in [-0.15, -0.1) is 0 Å². The molecule has 2 rings (SSSR count). The molecule has 0 aromatic rings. The maximum absolute atomic E-state index is 12.2. The lowest BCUT2D eigenvalue weighted by atomic mass is 9.81. The van der Waals surface area contributed by atoms with E-state index in [1.165, 1.54) is 4.90 Å². The average molecular weight is 263 g/mol. The number of hydrogen-bond donors (Lipinski definition) is 0. The molecule has 2 aliphatic heterocycles. The second-order valence-electron chi connectivity index (χ2n) is 6.34. The smallest absolute Gasteiger partial charge is 0.229 e. The molecule has 2 amide bonds. The third kappa shape index (κ3) is 3.13. The van der Waals surface area contributed by atoms with E-state index in [0.717, 1.165) is 25.9 Å². The second-order valence-corrected chi connectivity index (χ2v) is 6.34. The SMILES string of the molecule is CC1(C)CC(=O)N(C2CCN(CC#N)CC2)C(=O)C1. The van der Waals surface area contributed by atoms with Gasteiger partial charge < -0.3 is 0 Å². The van der Waals surface area contributed by atoms with Crippen molar-refractivity contribution in [3.05, 3.63) is 0 Å². The molecular weight excluding hydrogens is 242 g/mol. The van der Waals surface area contributed by atoms with Crippen LogP contribution in [0.2, 0.25) is 0 Å². The van der Waals surface area contributed by atoms with Gasteiger partial charge in [0.25, 0.3) is 0 Å². The van der Waals surface area contributed by atoms with E-state index in [0.29, 0.717) is 19.4 Å². The molecule has 0 aromatic carbocycles. The fourth-order valence-corrected chi connectivity index (χ4v) is 3.03. The van der Waals surface area contributed by atoms with E-state index in [4.69, 9.17) is 5.26 Å². The van der Waals surface area contributed by atoms with Gasteiger partial charge in [0.1, 0.15) is 0 Å². The van der Waals surface area contributed by atoms with E-state index < -0.39 is 0 Å². The summed E-state index contributed by atoms with van der Waals surface area (Å²) < 4.78 is 0. The molecule has 0 unspecified atom stereocenters. The van der Waals surface area contributed by atoms with Gasteiger partial charge in [-0.1, -0.05) is 13.8 Å². The maximum Gasteiger partial charge on any atom is 0.229 e. The number of likely N-dealkylation sites (tertiary alicyclic amines) is 2. The van der Waals surface area contributed by atoms with Crippen molar-refractivity contribution in [1.29, 1.82) is 5.26 Å². The van der Waals surface area contributed by atoms with Crippen LogP contribution in [-0.2, 0) is 9.59 Å². The number of imide groups is 1. The second kappa shape index (κ2) is 5.30. The molecule has 0 N–H and O–H groups in total. The predicted molar refractivity (Wildman–Crippen MR) is 69.9 cm³/mol. The van der Waals surface area contributed by atoms with Crippen LogP contribution in [0.25, 0.3) is 0 Å². The Morgan fingerprint density at radius 1 is 1.21 bits per heavy atom. The molecule has 2 aliphatic rings. The number of nitrogens with zero attached hydrogens (tertiary/aromatic N) is 3. The number of hydrogen-bond acceptors (Lipinski definition) is 4. The third-order valence-electron chi connectivity index (χ3n) is 4.01. The third-order valence-corrected chi connectivity index (χ3v) is 4.01. The molecule has 0 radical (unpaired) electrons. The summed E-state index contributed by atoms with van der Waals surface area (Å²) in [5.41, 5.74) is -0.202. The lowest BCUT2D eigenvalue weighted by molar-refractivity contribution is -0.156. The highest BCUT2D eigenvalue weighted by Crippen LogP contribution is 2.33. The van der Waals surface area contributed by atoms with Crippen LogP contribution in [0.1, 0.15) is 39.5 Å². The van der Waals surface area contributed by atoms with E-state index >= 15 is 0 Å². The number of nitriles is 1. The number of carbonyl (C=O) groups is 2. The van der Waals surface area contributed by atoms with E-state index in [1.54, 1.807) is 0 Å². The first-order valence-corrected chi connectivity index (χ1v) is 6.87. The quantitative estimate of drug-likeness (QED) is 0.554. The summed E-state index contributed by atoms with van der Waals surface area (Å²) in [5, 5.41) is 8.66. The first kappa shape index (κ1) is 14.0. The first-order valence-electron chi connectivity index (χ1n) is 6.87. The van der Waals surface area contributed by atoms with E-state index in [2.05, 4.69) is 11.0 Å². The lowest BCUT2D eigenvalue weighted by Crippen LogP contribution is -2.54. The molecule has 5 nitrogen and oxygen atoms in total. The van der Waals surface area contributed by atoms with E-state index in [-0.39, 0.29) is 23.3 Å². The molecule has 2 saturated heterocycles. The zero-order chi connectivity index (χ0) is 14.0. The Balaban J connectivity index is 1.98. The molecule has 0 spiro atoms. The van der Waals surface area contributed by atoms with Gasteiger partial charge in [0.15, 0.2) is 0 Å². The van der Waals surface area contributed by atoms with Gasteiger partial charge in [-0.25, -0.2) is 0 Å². The summed E-state index contributed by atoms with van der Waals surface area (Å²) in [6.45, 7) is 5.95. The van der Waals surface area contributed by atoms with Gasteiger partial charge >= 0.3 is 0 Å². The summed E-state index contributed by atoms with van der Waals surface area (Å²) in [7, 11) is 0. The minimum atomic E-state index is -0.202. The highest BCUT2D eigenvalue weighted by Gasteiger charge is 2.41. The van der Waals surface area contributed by atoms with Crippen LogP contribution in [0.3, 0.4) is 0 Å². The minimum Gasteiger partial charge on any atom is -0.290 e.